The zero-order chi connectivity index (χ0) is 26.1. The lowest BCUT2D eigenvalue weighted by Gasteiger charge is -2.08. The third-order valence-corrected chi connectivity index (χ3v) is 6.35. The highest BCUT2D eigenvalue weighted by Crippen LogP contribution is 2.25. The molecule has 184 valence electrons. The van der Waals surface area contributed by atoms with Gasteiger partial charge in [0.15, 0.2) is 5.75 Å². The maximum atomic E-state index is 11.5. The molecule has 0 N–H and O–H groups in total. The predicted octanol–water partition coefficient (Wildman–Crippen LogP) is 3.01. The normalized spacial score (nSPS) is 10.9. The van der Waals surface area contributed by atoms with Crippen molar-refractivity contribution in [3.63, 3.8) is 0 Å². The molecule has 0 heterocycles. The molecule has 0 saturated heterocycles. The molecule has 0 aliphatic heterocycles. The summed E-state index contributed by atoms with van der Waals surface area (Å²) in [6.07, 6.45) is 0. The number of hydrogen-bond acceptors (Lipinski definition) is 10. The number of esters is 2. The van der Waals surface area contributed by atoms with Crippen molar-refractivity contribution >= 4 is 32.2 Å². The van der Waals surface area contributed by atoms with Crippen molar-refractivity contribution in [3.05, 3.63) is 72.8 Å². The Hall–Kier alpha value is -3.32. The Labute approximate surface area is 198 Å². The number of hydrogen-bond donors (Lipinski definition) is 0. The first-order valence-electron chi connectivity index (χ1n) is 9.31. The fraction of sp³-hybridized carbons (Fsp3) is 0.182. The molecule has 34 heavy (non-hydrogen) atoms. The zero-order valence-corrected chi connectivity index (χ0v) is 20.6. The van der Waals surface area contributed by atoms with Gasteiger partial charge in [-0.1, -0.05) is 31.4 Å². The van der Waals surface area contributed by atoms with Crippen molar-refractivity contribution in [2.45, 2.75) is 23.6 Å². The van der Waals surface area contributed by atoms with Crippen LogP contribution in [0.5, 0.6) is 11.5 Å². The largest absolute Gasteiger partial charge is 0.423 e. The summed E-state index contributed by atoms with van der Waals surface area (Å²) in [5.41, 5.74) is 0.402. The van der Waals surface area contributed by atoms with Gasteiger partial charge in [-0.25, -0.2) is 9.59 Å². The van der Waals surface area contributed by atoms with Crippen LogP contribution in [0.25, 0.3) is 0 Å². The van der Waals surface area contributed by atoms with Crippen molar-refractivity contribution in [2.24, 2.45) is 0 Å². The Morgan fingerprint density at radius 3 is 1.79 bits per heavy atom. The smallest absolute Gasteiger partial charge is 0.338 e. The SMILES string of the molecule is C=C(C)C(=O)Oc1cccc(S(=O)(=O)OC)c1.C=C(C)C(=O)Oc1ccccc1S(=O)(=O)OC. The molecular formula is C22H24O10S2. The van der Waals surface area contributed by atoms with Gasteiger partial charge in [0, 0.05) is 17.2 Å². The second-order valence-corrected chi connectivity index (χ2v) is 9.90. The second-order valence-electron chi connectivity index (χ2n) is 6.50. The third-order valence-electron chi connectivity index (χ3n) is 3.76. The van der Waals surface area contributed by atoms with Gasteiger partial charge in [-0.3, -0.25) is 8.37 Å². The molecule has 0 unspecified atom stereocenters. The highest BCUT2D eigenvalue weighted by molar-refractivity contribution is 7.87. The number of benzene rings is 2. The van der Waals surface area contributed by atoms with Gasteiger partial charge in [0.2, 0.25) is 0 Å². The molecule has 0 aliphatic rings. The zero-order valence-electron chi connectivity index (χ0n) is 18.9. The summed E-state index contributed by atoms with van der Waals surface area (Å²) in [6, 6.07) is 11.2. The van der Waals surface area contributed by atoms with Crippen LogP contribution >= 0.6 is 0 Å². The first-order chi connectivity index (χ1) is 15.7. The van der Waals surface area contributed by atoms with Crippen LogP contribution in [0.3, 0.4) is 0 Å². The third kappa shape index (κ3) is 8.23. The van der Waals surface area contributed by atoms with Gasteiger partial charge < -0.3 is 9.47 Å². The molecule has 0 bridgehead atoms. The van der Waals surface area contributed by atoms with E-state index >= 15 is 0 Å². The maximum Gasteiger partial charge on any atom is 0.338 e. The van der Waals surface area contributed by atoms with Crippen molar-refractivity contribution in [1.29, 1.82) is 0 Å². The number of rotatable bonds is 8. The molecule has 0 spiro atoms. The fourth-order valence-corrected chi connectivity index (χ4v) is 3.48. The molecule has 12 heteroatoms. The summed E-state index contributed by atoms with van der Waals surface area (Å²) >= 11 is 0. The van der Waals surface area contributed by atoms with Crippen LogP contribution in [0.2, 0.25) is 0 Å². The monoisotopic (exact) mass is 512 g/mol. The van der Waals surface area contributed by atoms with Gasteiger partial charge in [0.25, 0.3) is 20.2 Å². The molecule has 0 radical (unpaired) electrons. The quantitative estimate of drug-likeness (QED) is 0.224. The average Bonchev–Trinajstić information content (AvgIpc) is 2.79. The molecule has 0 atom stereocenters. The van der Waals surface area contributed by atoms with E-state index in [1.807, 2.05) is 0 Å². The van der Waals surface area contributed by atoms with Crippen LogP contribution in [0, 0.1) is 0 Å². The van der Waals surface area contributed by atoms with Crippen LogP contribution in [0.15, 0.2) is 82.6 Å². The van der Waals surface area contributed by atoms with Gasteiger partial charge >= 0.3 is 11.9 Å². The molecule has 0 aliphatic carbocycles. The lowest BCUT2D eigenvalue weighted by Crippen LogP contribution is -2.12. The lowest BCUT2D eigenvalue weighted by molar-refractivity contribution is -0.131. The van der Waals surface area contributed by atoms with Crippen LogP contribution in [-0.2, 0) is 38.2 Å². The minimum atomic E-state index is -3.91. The number of carbonyl (C=O) groups excluding carboxylic acids is 2. The van der Waals surface area contributed by atoms with E-state index < -0.39 is 32.2 Å². The van der Waals surface area contributed by atoms with Gasteiger partial charge in [-0.15, -0.1) is 0 Å². The molecular weight excluding hydrogens is 488 g/mol. The molecule has 0 aromatic heterocycles. The van der Waals surface area contributed by atoms with E-state index in [9.17, 15) is 26.4 Å². The summed E-state index contributed by atoms with van der Waals surface area (Å²) in [6.45, 7) is 9.80. The van der Waals surface area contributed by atoms with E-state index in [2.05, 4.69) is 21.5 Å². The van der Waals surface area contributed by atoms with Crippen molar-refractivity contribution in [2.75, 3.05) is 14.2 Å². The van der Waals surface area contributed by atoms with Gasteiger partial charge in [0.05, 0.1) is 19.1 Å². The topological polar surface area (TPSA) is 139 Å². The number of ether oxygens (including phenoxy) is 2. The van der Waals surface area contributed by atoms with Crippen molar-refractivity contribution in [1.82, 2.24) is 0 Å². The molecule has 0 amide bonds. The number of carbonyl (C=O) groups is 2. The summed E-state index contributed by atoms with van der Waals surface area (Å²) in [4.78, 5) is 22.3. The van der Waals surface area contributed by atoms with Crippen molar-refractivity contribution in [3.8, 4) is 11.5 Å². The predicted molar refractivity (Wildman–Crippen MR) is 122 cm³/mol. The summed E-state index contributed by atoms with van der Waals surface area (Å²) in [5.74, 6) is -1.26. The first kappa shape index (κ1) is 28.7. The Morgan fingerprint density at radius 1 is 0.735 bits per heavy atom. The minimum Gasteiger partial charge on any atom is -0.423 e. The van der Waals surface area contributed by atoms with E-state index in [-0.39, 0.29) is 32.4 Å². The Bertz CT molecular complexity index is 1290. The summed E-state index contributed by atoms with van der Waals surface area (Å²) in [7, 11) is -5.61. The molecule has 0 saturated carbocycles. The lowest BCUT2D eigenvalue weighted by atomic mass is 10.3. The van der Waals surface area contributed by atoms with Crippen LogP contribution in [0.4, 0.5) is 0 Å². The Kier molecular flexibility index (Phi) is 10.3. The number of para-hydroxylation sites is 1. The summed E-state index contributed by atoms with van der Waals surface area (Å²) in [5, 5.41) is 0. The molecule has 10 nitrogen and oxygen atoms in total. The molecule has 2 rings (SSSR count). The summed E-state index contributed by atoms with van der Waals surface area (Å²) < 4.78 is 64.4. The highest BCUT2D eigenvalue weighted by atomic mass is 32.2. The Morgan fingerprint density at radius 2 is 1.26 bits per heavy atom. The Balaban J connectivity index is 0.000000340. The minimum absolute atomic E-state index is 0.0768. The maximum absolute atomic E-state index is 11.5. The van der Waals surface area contributed by atoms with Crippen molar-refractivity contribution < 1.29 is 44.3 Å². The second kappa shape index (κ2) is 12.2. The van der Waals surface area contributed by atoms with E-state index in [0.717, 1.165) is 14.2 Å². The molecule has 0 fully saturated rings. The first-order valence-corrected chi connectivity index (χ1v) is 12.1. The van der Waals surface area contributed by atoms with Gasteiger partial charge in [-0.05, 0) is 38.1 Å². The highest BCUT2D eigenvalue weighted by Gasteiger charge is 2.20. The molecule has 2 aromatic rings. The van der Waals surface area contributed by atoms with E-state index in [0.29, 0.717) is 0 Å². The fourth-order valence-electron chi connectivity index (χ4n) is 2.00. The van der Waals surface area contributed by atoms with Crippen LogP contribution in [-0.4, -0.2) is 43.0 Å². The van der Waals surface area contributed by atoms with E-state index in [1.54, 1.807) is 6.07 Å². The van der Waals surface area contributed by atoms with Crippen LogP contribution in [0.1, 0.15) is 13.8 Å². The van der Waals surface area contributed by atoms with Gasteiger partial charge in [0.1, 0.15) is 10.6 Å². The van der Waals surface area contributed by atoms with Gasteiger partial charge in [-0.2, -0.15) is 16.8 Å². The standard InChI is InChI=1S/2C11H12O5S/c1-8(2)11(12)16-9-5-4-6-10(7-9)17(13,14)15-3;1-8(2)11(12)16-9-6-4-5-7-10(9)17(13,14)15-3/h2*4-7H,1H2,2-3H3. The van der Waals surface area contributed by atoms with Crippen LogP contribution < -0.4 is 9.47 Å². The average molecular weight is 513 g/mol. The molecule has 2 aromatic carbocycles. The van der Waals surface area contributed by atoms with E-state index in [1.165, 1.54) is 56.3 Å². The van der Waals surface area contributed by atoms with E-state index in [4.69, 9.17) is 9.47 Å².